The van der Waals surface area contributed by atoms with Crippen molar-refractivity contribution in [3.63, 3.8) is 0 Å². The number of amides is 1. The molecule has 1 aliphatic carbocycles. The Morgan fingerprint density at radius 3 is 2.74 bits per heavy atom. The molecule has 1 saturated carbocycles. The lowest BCUT2D eigenvalue weighted by molar-refractivity contribution is -0.133. The zero-order valence-electron chi connectivity index (χ0n) is 25.3. The number of methoxy groups -OCH3 is 1. The standard InChI is InChI=1S/C32H32ClF2N7O3S/c1-38-25(15-5-6-15)31(43)41-10-3-4-16(9-11-41)42-12-13-45-27-22-26(39-32(44-2)40-30(22)42)24(35)21(23(27)33)17-7-8-19(34)28-20(17)18(14-36)29(37)46-28/h7-8,15-16,25,38H,3-6,9-13,37H2,1-2H3. The number of carbonyl (C=O) groups excluding carboxylic acids is 1. The number of anilines is 2. The number of carbonyl (C=O) groups is 1. The second kappa shape index (κ2) is 12.0. The number of thiophene rings is 1. The van der Waals surface area contributed by atoms with E-state index in [2.05, 4.69) is 15.2 Å². The average molecular weight is 668 g/mol. The second-order valence-corrected chi connectivity index (χ2v) is 13.3. The van der Waals surface area contributed by atoms with Crippen LogP contribution in [0.1, 0.15) is 37.7 Å². The van der Waals surface area contributed by atoms with Crippen LogP contribution in [0.15, 0.2) is 12.1 Å². The number of nitrogens with two attached hydrogens (primary N) is 1. The van der Waals surface area contributed by atoms with Crippen LogP contribution in [0.4, 0.5) is 19.6 Å². The van der Waals surface area contributed by atoms with Crippen LogP contribution in [0.5, 0.6) is 11.8 Å². The molecule has 7 rings (SSSR count). The average Bonchev–Trinajstić information content (AvgIpc) is 3.88. The Bertz CT molecular complexity index is 1930. The number of fused-ring (bicyclic) bond motifs is 1. The first-order chi connectivity index (χ1) is 22.3. The Morgan fingerprint density at radius 2 is 2.02 bits per heavy atom. The first-order valence-electron chi connectivity index (χ1n) is 15.3. The number of hydrogen-bond acceptors (Lipinski definition) is 10. The summed E-state index contributed by atoms with van der Waals surface area (Å²) in [6.45, 7) is 1.90. The number of rotatable bonds is 6. The maximum absolute atomic E-state index is 16.9. The highest BCUT2D eigenvalue weighted by molar-refractivity contribution is 7.23. The predicted octanol–water partition coefficient (Wildman–Crippen LogP) is 5.48. The van der Waals surface area contributed by atoms with Crippen molar-refractivity contribution < 1.29 is 23.0 Å². The van der Waals surface area contributed by atoms with Crippen LogP contribution < -0.4 is 25.4 Å². The van der Waals surface area contributed by atoms with E-state index in [9.17, 15) is 14.4 Å². The molecule has 0 bridgehead atoms. The smallest absolute Gasteiger partial charge is 0.318 e. The summed E-state index contributed by atoms with van der Waals surface area (Å²) in [6, 6.07) is 4.39. The molecule has 2 aliphatic heterocycles. The van der Waals surface area contributed by atoms with Gasteiger partial charge in [-0.15, -0.1) is 11.3 Å². The SMILES string of the molecule is CNC(C(=O)N1CCCC(N2CCOc3c(Cl)c(-c4ccc(F)c5sc(N)c(C#N)c45)c(F)c4nc(OC)nc2c34)CC1)C1CC1. The Morgan fingerprint density at radius 1 is 1.22 bits per heavy atom. The predicted molar refractivity (Wildman–Crippen MR) is 174 cm³/mol. The van der Waals surface area contributed by atoms with Gasteiger partial charge in [0.1, 0.15) is 34.8 Å². The quantitative estimate of drug-likeness (QED) is 0.274. The highest BCUT2D eigenvalue weighted by atomic mass is 35.5. The highest BCUT2D eigenvalue weighted by Crippen LogP contribution is 2.51. The number of nitriles is 1. The van der Waals surface area contributed by atoms with Gasteiger partial charge in [0.15, 0.2) is 11.6 Å². The van der Waals surface area contributed by atoms with Crippen molar-refractivity contribution in [2.24, 2.45) is 5.92 Å². The number of likely N-dealkylation sites (N-methyl/N-ethyl adjacent to an activating group) is 1. The first kappa shape index (κ1) is 30.7. The third-order valence-corrected chi connectivity index (χ3v) is 10.7. The number of aromatic nitrogens is 2. The molecular weight excluding hydrogens is 636 g/mol. The fraction of sp³-hybridized carbons (Fsp3) is 0.438. The number of likely N-dealkylation sites (tertiary alicyclic amines) is 1. The molecule has 2 unspecified atom stereocenters. The van der Waals surface area contributed by atoms with E-state index < -0.39 is 11.6 Å². The molecule has 0 radical (unpaired) electrons. The number of ether oxygens (including phenoxy) is 2. The lowest BCUT2D eigenvalue weighted by Crippen LogP contribution is -2.47. The fourth-order valence-electron chi connectivity index (χ4n) is 6.92. The van der Waals surface area contributed by atoms with Crippen LogP contribution in [0.25, 0.3) is 32.1 Å². The van der Waals surface area contributed by atoms with E-state index in [0.717, 1.165) is 37.0 Å². The lowest BCUT2D eigenvalue weighted by Gasteiger charge is -2.32. The number of nitrogens with one attached hydrogen (secondary N) is 1. The van der Waals surface area contributed by atoms with E-state index >= 15 is 4.39 Å². The van der Waals surface area contributed by atoms with Crippen molar-refractivity contribution in [3.05, 3.63) is 34.4 Å². The van der Waals surface area contributed by atoms with Gasteiger partial charge in [0.05, 0.1) is 40.4 Å². The topological polar surface area (TPSA) is 130 Å². The van der Waals surface area contributed by atoms with E-state index in [-0.39, 0.29) is 78.7 Å². The molecule has 1 amide bonds. The van der Waals surface area contributed by atoms with E-state index in [1.165, 1.54) is 19.2 Å². The number of nitrogens with zero attached hydrogens (tertiary/aromatic N) is 5. The van der Waals surface area contributed by atoms with Crippen LogP contribution in [-0.2, 0) is 4.79 Å². The Balaban J connectivity index is 1.34. The molecule has 2 fully saturated rings. The zero-order chi connectivity index (χ0) is 32.3. The number of nitrogen functional groups attached to an aromatic ring is 1. The molecule has 1 saturated heterocycles. The number of benzene rings is 2. The zero-order valence-corrected chi connectivity index (χ0v) is 26.9. The van der Waals surface area contributed by atoms with Crippen LogP contribution >= 0.6 is 22.9 Å². The van der Waals surface area contributed by atoms with Crippen molar-refractivity contribution >= 4 is 60.7 Å². The van der Waals surface area contributed by atoms with Gasteiger partial charge in [-0.1, -0.05) is 17.7 Å². The van der Waals surface area contributed by atoms with Crippen molar-refractivity contribution in [1.82, 2.24) is 20.2 Å². The summed E-state index contributed by atoms with van der Waals surface area (Å²) in [6.07, 6.45) is 4.42. The summed E-state index contributed by atoms with van der Waals surface area (Å²) in [5.74, 6) is -0.198. The molecule has 10 nitrogen and oxygen atoms in total. The minimum atomic E-state index is -0.784. The molecule has 14 heteroatoms. The molecule has 2 atom stereocenters. The van der Waals surface area contributed by atoms with Crippen molar-refractivity contribution in [2.75, 3.05) is 51.0 Å². The van der Waals surface area contributed by atoms with E-state index in [4.69, 9.17) is 31.8 Å². The van der Waals surface area contributed by atoms with Crippen molar-refractivity contribution in [3.8, 4) is 29.0 Å². The molecule has 0 spiro atoms. The van der Waals surface area contributed by atoms with E-state index in [1.54, 1.807) is 0 Å². The van der Waals surface area contributed by atoms with Crippen LogP contribution in [0.2, 0.25) is 5.02 Å². The molecular formula is C32H32ClF2N7O3S. The number of halogens is 3. The molecule has 3 N–H and O–H groups in total. The van der Waals surface area contributed by atoms with Gasteiger partial charge in [-0.05, 0) is 56.7 Å². The summed E-state index contributed by atoms with van der Waals surface area (Å²) in [5.41, 5.74) is 6.15. The van der Waals surface area contributed by atoms with Gasteiger partial charge in [0.25, 0.3) is 0 Å². The summed E-state index contributed by atoms with van der Waals surface area (Å²) in [5, 5.41) is 13.6. The third kappa shape index (κ3) is 4.94. The largest absolute Gasteiger partial charge is 0.489 e. The van der Waals surface area contributed by atoms with Gasteiger partial charge >= 0.3 is 6.01 Å². The maximum Gasteiger partial charge on any atom is 0.318 e. The van der Waals surface area contributed by atoms with Crippen LogP contribution in [0.3, 0.4) is 0 Å². The lowest BCUT2D eigenvalue weighted by atomic mass is 9.96. The minimum absolute atomic E-state index is 0.0191. The fourth-order valence-corrected chi connectivity index (χ4v) is 8.20. The van der Waals surface area contributed by atoms with Gasteiger partial charge in [-0.3, -0.25) is 4.79 Å². The summed E-state index contributed by atoms with van der Waals surface area (Å²) in [4.78, 5) is 26.5. The van der Waals surface area contributed by atoms with E-state index in [1.807, 2.05) is 18.0 Å². The summed E-state index contributed by atoms with van der Waals surface area (Å²) in [7, 11) is 3.25. The van der Waals surface area contributed by atoms with Gasteiger partial charge in [0.2, 0.25) is 5.91 Å². The minimum Gasteiger partial charge on any atom is -0.489 e. The monoisotopic (exact) mass is 667 g/mol. The first-order valence-corrected chi connectivity index (χ1v) is 16.5. The Hall–Kier alpha value is -3.99. The molecule has 4 aromatic rings. The van der Waals surface area contributed by atoms with Gasteiger partial charge in [-0.25, -0.2) is 8.78 Å². The summed E-state index contributed by atoms with van der Waals surface area (Å²) < 4.78 is 43.5. The van der Waals surface area contributed by atoms with Crippen molar-refractivity contribution in [1.29, 1.82) is 5.26 Å². The maximum atomic E-state index is 16.9. The molecule has 3 aliphatic rings. The van der Waals surface area contributed by atoms with E-state index in [0.29, 0.717) is 43.2 Å². The summed E-state index contributed by atoms with van der Waals surface area (Å²) >= 11 is 7.90. The normalized spacial score (nSPS) is 19.0. The van der Waals surface area contributed by atoms with Crippen LogP contribution in [-0.4, -0.2) is 73.3 Å². The van der Waals surface area contributed by atoms with Crippen molar-refractivity contribution in [2.45, 2.75) is 44.2 Å². The number of hydrogen-bond donors (Lipinski definition) is 2. The molecule has 4 heterocycles. The molecule has 240 valence electrons. The Labute approximate surface area is 273 Å². The van der Waals surface area contributed by atoms with Crippen LogP contribution in [0, 0.1) is 28.9 Å². The van der Waals surface area contributed by atoms with Gasteiger partial charge < -0.3 is 30.3 Å². The molecule has 2 aromatic heterocycles. The van der Waals surface area contributed by atoms with Gasteiger partial charge in [-0.2, -0.15) is 15.2 Å². The highest BCUT2D eigenvalue weighted by Gasteiger charge is 2.39. The third-order valence-electron chi connectivity index (χ3n) is 9.30. The molecule has 2 aromatic carbocycles. The van der Waals surface area contributed by atoms with Gasteiger partial charge in [0, 0.05) is 30.1 Å². The molecule has 46 heavy (non-hydrogen) atoms. The Kier molecular flexibility index (Phi) is 7.99. The second-order valence-electron chi connectivity index (χ2n) is 11.9.